The molecule has 134 valence electrons. The Bertz CT molecular complexity index is 1070. The maximum absolute atomic E-state index is 12.2. The molecule has 2 heterocycles. The topological polar surface area (TPSA) is 116 Å². The van der Waals surface area contributed by atoms with Crippen LogP contribution in [0.2, 0.25) is 0 Å². The Balaban J connectivity index is 2.34. The van der Waals surface area contributed by atoms with Crippen molar-refractivity contribution in [3.63, 3.8) is 0 Å². The van der Waals surface area contributed by atoms with Gasteiger partial charge in [0.05, 0.1) is 29.6 Å². The van der Waals surface area contributed by atoms with Crippen LogP contribution >= 0.6 is 0 Å². The third-order valence-corrected chi connectivity index (χ3v) is 4.18. The minimum atomic E-state index is -0.592. The van der Waals surface area contributed by atoms with Gasteiger partial charge in [0.2, 0.25) is 11.9 Å². The Morgan fingerprint density at radius 3 is 2.62 bits per heavy atom. The number of nitrogens with two attached hydrogens (primary N) is 1. The molecule has 0 fully saturated rings. The number of rotatable bonds is 4. The lowest BCUT2D eigenvalue weighted by molar-refractivity contribution is 0.100. The zero-order valence-electron chi connectivity index (χ0n) is 15.0. The van der Waals surface area contributed by atoms with Crippen molar-refractivity contribution >= 4 is 5.91 Å². The van der Waals surface area contributed by atoms with E-state index in [2.05, 4.69) is 15.1 Å². The highest BCUT2D eigenvalue weighted by molar-refractivity contribution is 6.01. The number of H-pyrrole nitrogens is 1. The maximum Gasteiger partial charge on any atom is 0.255 e. The van der Waals surface area contributed by atoms with Crippen molar-refractivity contribution in [1.29, 1.82) is 0 Å². The van der Waals surface area contributed by atoms with Crippen LogP contribution in [0.15, 0.2) is 29.1 Å². The minimum absolute atomic E-state index is 0.248. The molecule has 0 bridgehead atoms. The van der Waals surface area contributed by atoms with E-state index in [-0.39, 0.29) is 17.1 Å². The maximum atomic E-state index is 12.2. The van der Waals surface area contributed by atoms with Crippen LogP contribution in [-0.4, -0.2) is 32.8 Å². The van der Waals surface area contributed by atoms with Crippen molar-refractivity contribution in [3.8, 4) is 23.0 Å². The molecule has 0 spiro atoms. The number of primary amides is 1. The van der Waals surface area contributed by atoms with Gasteiger partial charge in [-0.15, -0.1) is 0 Å². The van der Waals surface area contributed by atoms with E-state index < -0.39 is 5.91 Å². The molecule has 1 aromatic carbocycles. The van der Waals surface area contributed by atoms with Gasteiger partial charge in [0, 0.05) is 11.3 Å². The summed E-state index contributed by atoms with van der Waals surface area (Å²) in [5, 5.41) is 4.42. The Morgan fingerprint density at radius 2 is 2.00 bits per heavy atom. The monoisotopic (exact) mass is 353 g/mol. The van der Waals surface area contributed by atoms with Crippen molar-refractivity contribution in [3.05, 3.63) is 57.1 Å². The van der Waals surface area contributed by atoms with Gasteiger partial charge in [0.25, 0.3) is 5.56 Å². The number of aryl methyl sites for hydroxylation is 2. The summed E-state index contributed by atoms with van der Waals surface area (Å²) in [6, 6.07) is 6.81. The highest BCUT2D eigenvalue weighted by Gasteiger charge is 2.21. The lowest BCUT2D eigenvalue weighted by atomic mass is 10.0. The minimum Gasteiger partial charge on any atom is -0.496 e. The number of amides is 1. The molecule has 1 amide bonds. The van der Waals surface area contributed by atoms with Crippen LogP contribution in [0, 0.1) is 20.8 Å². The summed E-state index contributed by atoms with van der Waals surface area (Å²) in [7, 11) is 1.51. The van der Waals surface area contributed by atoms with Gasteiger partial charge >= 0.3 is 0 Å². The number of carbonyl (C=O) groups is 1. The third-order valence-electron chi connectivity index (χ3n) is 4.18. The number of benzene rings is 1. The predicted molar refractivity (Wildman–Crippen MR) is 96.7 cm³/mol. The standard InChI is InChI=1S/C18H19N5O3/c1-9-8-13(15-12(16(19)24)6-5-7-14(15)26-4)23(22-9)18-20-11(3)10(2)17(25)21-18/h5-8H,1-4H3,(H2,19,24)(H,20,21,25). The molecule has 3 N–H and O–H groups in total. The summed E-state index contributed by atoms with van der Waals surface area (Å²) in [5.41, 5.74) is 8.43. The normalized spacial score (nSPS) is 10.8. The van der Waals surface area contributed by atoms with E-state index in [1.54, 1.807) is 45.0 Å². The van der Waals surface area contributed by atoms with Gasteiger partial charge in [-0.25, -0.2) is 4.98 Å². The SMILES string of the molecule is COc1cccc(C(N)=O)c1-c1cc(C)nn1-c1nc(C)c(C)c(=O)[nH]1. The summed E-state index contributed by atoms with van der Waals surface area (Å²) in [6.45, 7) is 5.26. The molecule has 0 saturated heterocycles. The fourth-order valence-corrected chi connectivity index (χ4v) is 2.74. The molecule has 0 aliphatic carbocycles. The van der Waals surface area contributed by atoms with Crippen LogP contribution < -0.4 is 16.0 Å². The molecule has 8 heteroatoms. The highest BCUT2D eigenvalue weighted by Crippen LogP contribution is 2.34. The van der Waals surface area contributed by atoms with Gasteiger partial charge < -0.3 is 10.5 Å². The zero-order chi connectivity index (χ0) is 19.0. The Labute approximate surface area is 149 Å². The number of hydrogen-bond acceptors (Lipinski definition) is 5. The summed E-state index contributed by atoms with van der Waals surface area (Å²) in [4.78, 5) is 31.2. The van der Waals surface area contributed by atoms with E-state index >= 15 is 0 Å². The van der Waals surface area contributed by atoms with E-state index in [9.17, 15) is 9.59 Å². The van der Waals surface area contributed by atoms with Crippen molar-refractivity contribution in [2.24, 2.45) is 5.73 Å². The highest BCUT2D eigenvalue weighted by atomic mass is 16.5. The third kappa shape index (κ3) is 2.85. The van der Waals surface area contributed by atoms with Gasteiger partial charge in [-0.1, -0.05) is 6.07 Å². The number of aromatic amines is 1. The van der Waals surface area contributed by atoms with Gasteiger partial charge in [-0.05, 0) is 39.0 Å². The first-order valence-electron chi connectivity index (χ1n) is 7.95. The Morgan fingerprint density at radius 1 is 1.27 bits per heavy atom. The second-order valence-electron chi connectivity index (χ2n) is 5.93. The number of nitrogens with zero attached hydrogens (tertiary/aromatic N) is 3. The van der Waals surface area contributed by atoms with Gasteiger partial charge in [0.15, 0.2) is 0 Å². The van der Waals surface area contributed by atoms with Gasteiger partial charge in [-0.3, -0.25) is 14.6 Å². The molecule has 0 aliphatic rings. The fraction of sp³-hybridized carbons (Fsp3) is 0.222. The molecule has 0 aliphatic heterocycles. The second kappa shape index (κ2) is 6.47. The largest absolute Gasteiger partial charge is 0.496 e. The van der Waals surface area contributed by atoms with E-state index in [1.807, 2.05) is 0 Å². The molecule has 0 unspecified atom stereocenters. The average molecular weight is 353 g/mol. The lowest BCUT2D eigenvalue weighted by Gasteiger charge is -2.14. The second-order valence-corrected chi connectivity index (χ2v) is 5.93. The van der Waals surface area contributed by atoms with Gasteiger partial charge in [-0.2, -0.15) is 9.78 Å². The molecule has 0 atom stereocenters. The van der Waals surface area contributed by atoms with E-state index in [0.717, 1.165) is 0 Å². The number of aromatic nitrogens is 4. The van der Waals surface area contributed by atoms with Crippen molar-refractivity contribution in [2.45, 2.75) is 20.8 Å². The first-order valence-corrected chi connectivity index (χ1v) is 7.95. The van der Waals surface area contributed by atoms with Crippen LogP contribution in [0.25, 0.3) is 17.2 Å². The fourth-order valence-electron chi connectivity index (χ4n) is 2.74. The van der Waals surface area contributed by atoms with Crippen LogP contribution in [-0.2, 0) is 0 Å². The lowest BCUT2D eigenvalue weighted by Crippen LogP contribution is -2.19. The molecule has 8 nitrogen and oxygen atoms in total. The average Bonchev–Trinajstić information content (AvgIpc) is 2.99. The molecule has 2 aromatic heterocycles. The zero-order valence-corrected chi connectivity index (χ0v) is 15.0. The number of methoxy groups -OCH3 is 1. The van der Waals surface area contributed by atoms with Crippen LogP contribution in [0.3, 0.4) is 0 Å². The number of nitrogens with one attached hydrogen (secondary N) is 1. The Kier molecular flexibility index (Phi) is 4.33. The van der Waals surface area contributed by atoms with Crippen LogP contribution in [0.5, 0.6) is 5.75 Å². The van der Waals surface area contributed by atoms with Crippen LogP contribution in [0.4, 0.5) is 0 Å². The quantitative estimate of drug-likeness (QED) is 0.740. The predicted octanol–water partition coefficient (Wildman–Crippen LogP) is 1.66. The van der Waals surface area contributed by atoms with E-state index in [1.165, 1.54) is 11.8 Å². The molecule has 3 aromatic rings. The molecular formula is C18H19N5O3. The summed E-state index contributed by atoms with van der Waals surface area (Å²) in [6.07, 6.45) is 0. The molecule has 0 saturated carbocycles. The van der Waals surface area contributed by atoms with Crippen molar-refractivity contribution < 1.29 is 9.53 Å². The summed E-state index contributed by atoms with van der Waals surface area (Å²) >= 11 is 0. The van der Waals surface area contributed by atoms with E-state index in [4.69, 9.17) is 10.5 Å². The number of carbonyl (C=O) groups excluding carboxylic acids is 1. The smallest absolute Gasteiger partial charge is 0.255 e. The number of ether oxygens (including phenoxy) is 1. The number of hydrogen-bond donors (Lipinski definition) is 2. The summed E-state index contributed by atoms with van der Waals surface area (Å²) in [5.74, 6) is 0.127. The van der Waals surface area contributed by atoms with Crippen LogP contribution in [0.1, 0.15) is 27.3 Å². The van der Waals surface area contributed by atoms with Crippen molar-refractivity contribution in [1.82, 2.24) is 19.7 Å². The summed E-state index contributed by atoms with van der Waals surface area (Å²) < 4.78 is 6.90. The molecule has 3 rings (SSSR count). The van der Waals surface area contributed by atoms with E-state index in [0.29, 0.717) is 34.0 Å². The van der Waals surface area contributed by atoms with Gasteiger partial charge in [0.1, 0.15) is 5.75 Å². The molecule has 0 radical (unpaired) electrons. The first-order chi connectivity index (χ1) is 12.3. The molecule has 26 heavy (non-hydrogen) atoms. The first kappa shape index (κ1) is 17.4. The molecular weight excluding hydrogens is 334 g/mol. The van der Waals surface area contributed by atoms with Crippen molar-refractivity contribution in [2.75, 3.05) is 7.11 Å². The Hall–Kier alpha value is -3.42.